The van der Waals surface area contributed by atoms with Crippen LogP contribution in [0.25, 0.3) is 0 Å². The van der Waals surface area contributed by atoms with Gasteiger partial charge in [0.2, 0.25) is 0 Å². The molecule has 0 aliphatic rings. The van der Waals surface area contributed by atoms with E-state index in [0.29, 0.717) is 6.42 Å². The van der Waals surface area contributed by atoms with E-state index in [-0.39, 0.29) is 24.0 Å². The van der Waals surface area contributed by atoms with E-state index < -0.39 is 0 Å². The summed E-state index contributed by atoms with van der Waals surface area (Å²) >= 11 is 0. The Morgan fingerprint density at radius 3 is 2.56 bits per heavy atom. The van der Waals surface area contributed by atoms with E-state index >= 15 is 0 Å². The first-order valence-corrected chi connectivity index (χ1v) is 5.75. The molecule has 0 bridgehead atoms. The molecule has 92 valence electrons. The summed E-state index contributed by atoms with van der Waals surface area (Å²) in [7, 11) is 1.40. The molecule has 0 aliphatic carbocycles. The Bertz CT molecular complexity index is 248. The average molecular weight is 226 g/mol. The minimum Gasteiger partial charge on any atom is -0.469 e. The van der Waals surface area contributed by atoms with Gasteiger partial charge < -0.3 is 10.1 Å². The smallest absolute Gasteiger partial charge is 0.308 e. The molecular weight excluding hydrogens is 204 g/mol. The third-order valence-corrected chi connectivity index (χ3v) is 2.66. The number of rotatable bonds is 7. The van der Waals surface area contributed by atoms with Crippen molar-refractivity contribution < 1.29 is 9.53 Å². The van der Waals surface area contributed by atoms with Crippen LogP contribution in [0.2, 0.25) is 0 Å². The maximum Gasteiger partial charge on any atom is 0.308 e. The van der Waals surface area contributed by atoms with Crippen LogP contribution in [0.4, 0.5) is 0 Å². The van der Waals surface area contributed by atoms with Crippen LogP contribution >= 0.6 is 0 Å². The van der Waals surface area contributed by atoms with Crippen LogP contribution in [0.1, 0.15) is 40.0 Å². The first-order chi connectivity index (χ1) is 7.54. The Labute approximate surface area is 98.0 Å². The fourth-order valence-corrected chi connectivity index (χ4v) is 1.73. The number of ether oxygens (including phenoxy) is 1. The molecule has 0 aromatic rings. The molecule has 0 aromatic heterocycles. The van der Waals surface area contributed by atoms with Gasteiger partial charge in [-0.1, -0.05) is 13.8 Å². The lowest BCUT2D eigenvalue weighted by Gasteiger charge is -2.22. The van der Waals surface area contributed by atoms with E-state index in [1.54, 1.807) is 0 Å². The van der Waals surface area contributed by atoms with Gasteiger partial charge in [0.15, 0.2) is 0 Å². The molecule has 3 unspecified atom stereocenters. The van der Waals surface area contributed by atoms with E-state index in [0.717, 1.165) is 12.8 Å². The van der Waals surface area contributed by atoms with E-state index in [9.17, 15) is 4.79 Å². The second-order valence-corrected chi connectivity index (χ2v) is 4.20. The highest BCUT2D eigenvalue weighted by Gasteiger charge is 2.18. The number of methoxy groups -OCH3 is 1. The molecule has 0 amide bonds. The van der Waals surface area contributed by atoms with Crippen molar-refractivity contribution in [3.05, 3.63) is 0 Å². The first-order valence-electron chi connectivity index (χ1n) is 5.75. The molecule has 0 heterocycles. The largest absolute Gasteiger partial charge is 0.469 e. The molecule has 0 saturated carbocycles. The molecule has 0 radical (unpaired) electrons. The predicted molar refractivity (Wildman–Crippen MR) is 62.7 cm³/mol. The van der Waals surface area contributed by atoms with Crippen molar-refractivity contribution in [2.75, 3.05) is 7.11 Å². The molecule has 16 heavy (non-hydrogen) atoms. The molecule has 0 aliphatic heterocycles. The van der Waals surface area contributed by atoms with E-state index in [1.165, 1.54) is 7.11 Å². The Kier molecular flexibility index (Phi) is 7.57. The summed E-state index contributed by atoms with van der Waals surface area (Å²) in [5.74, 6) is -0.283. The van der Waals surface area contributed by atoms with Crippen LogP contribution in [-0.2, 0) is 9.53 Å². The molecule has 0 rings (SSSR count). The molecule has 4 heteroatoms. The van der Waals surface area contributed by atoms with Gasteiger partial charge in [0.25, 0.3) is 0 Å². The SMILES string of the molecule is CCC(CC#N)NC(C)CC(C)C(=O)OC. The third-order valence-electron chi connectivity index (χ3n) is 2.66. The summed E-state index contributed by atoms with van der Waals surface area (Å²) in [6, 6.07) is 2.59. The van der Waals surface area contributed by atoms with Gasteiger partial charge in [0.1, 0.15) is 0 Å². The highest BCUT2D eigenvalue weighted by atomic mass is 16.5. The minimum absolute atomic E-state index is 0.105. The molecule has 1 N–H and O–H groups in total. The molecule has 0 spiro atoms. The fraction of sp³-hybridized carbons (Fsp3) is 0.833. The Hall–Kier alpha value is -1.08. The van der Waals surface area contributed by atoms with Gasteiger partial charge in [0, 0.05) is 12.1 Å². The minimum atomic E-state index is -0.179. The van der Waals surface area contributed by atoms with Crippen molar-refractivity contribution in [2.24, 2.45) is 5.92 Å². The van der Waals surface area contributed by atoms with Gasteiger partial charge in [-0.25, -0.2) is 0 Å². The summed E-state index contributed by atoms with van der Waals surface area (Å²) in [5.41, 5.74) is 0. The summed E-state index contributed by atoms with van der Waals surface area (Å²) in [5, 5.41) is 12.0. The zero-order chi connectivity index (χ0) is 12.6. The number of esters is 1. The number of hydrogen-bond donors (Lipinski definition) is 1. The molecule has 3 atom stereocenters. The lowest BCUT2D eigenvalue weighted by Crippen LogP contribution is -2.37. The first kappa shape index (κ1) is 14.9. The van der Waals surface area contributed by atoms with Gasteiger partial charge in [-0.3, -0.25) is 4.79 Å². The molecule has 0 saturated heterocycles. The zero-order valence-corrected chi connectivity index (χ0v) is 10.6. The lowest BCUT2D eigenvalue weighted by atomic mass is 10.0. The quantitative estimate of drug-likeness (QED) is 0.673. The van der Waals surface area contributed by atoms with E-state index in [1.807, 2.05) is 20.8 Å². The number of nitriles is 1. The Balaban J connectivity index is 4.01. The summed E-state index contributed by atoms with van der Waals surface area (Å²) in [6.45, 7) is 5.93. The fourth-order valence-electron chi connectivity index (χ4n) is 1.73. The summed E-state index contributed by atoms with van der Waals surface area (Å²) in [4.78, 5) is 11.2. The van der Waals surface area contributed by atoms with Crippen LogP contribution in [0.5, 0.6) is 0 Å². The van der Waals surface area contributed by atoms with Gasteiger partial charge in [-0.2, -0.15) is 5.26 Å². The second-order valence-electron chi connectivity index (χ2n) is 4.20. The highest BCUT2D eigenvalue weighted by Crippen LogP contribution is 2.09. The predicted octanol–water partition coefficient (Wildman–Crippen LogP) is 1.86. The summed E-state index contributed by atoms with van der Waals surface area (Å²) in [6.07, 6.45) is 2.16. The van der Waals surface area contributed by atoms with Crippen molar-refractivity contribution in [3.63, 3.8) is 0 Å². The monoisotopic (exact) mass is 226 g/mol. The van der Waals surface area contributed by atoms with E-state index in [4.69, 9.17) is 5.26 Å². The maximum atomic E-state index is 11.2. The van der Waals surface area contributed by atoms with Crippen LogP contribution in [-0.4, -0.2) is 25.2 Å². The molecular formula is C12H22N2O2. The highest BCUT2D eigenvalue weighted by molar-refractivity contribution is 5.71. The number of hydrogen-bond acceptors (Lipinski definition) is 4. The number of carbonyl (C=O) groups excluding carboxylic acids is 1. The van der Waals surface area contributed by atoms with Gasteiger partial charge in [-0.05, 0) is 19.8 Å². The van der Waals surface area contributed by atoms with Crippen LogP contribution in [0.15, 0.2) is 0 Å². The number of nitrogens with one attached hydrogen (secondary N) is 1. The third kappa shape index (κ3) is 5.72. The number of carbonyl (C=O) groups is 1. The standard InChI is InChI=1S/C12H22N2O2/c1-5-11(6-7-13)14-10(3)8-9(2)12(15)16-4/h9-11,14H,5-6,8H2,1-4H3. The van der Waals surface area contributed by atoms with Crippen LogP contribution in [0, 0.1) is 17.2 Å². The Morgan fingerprint density at radius 2 is 2.12 bits per heavy atom. The summed E-state index contributed by atoms with van der Waals surface area (Å²) < 4.78 is 4.67. The topological polar surface area (TPSA) is 62.1 Å². The van der Waals surface area contributed by atoms with E-state index in [2.05, 4.69) is 16.1 Å². The van der Waals surface area contributed by atoms with Crippen LogP contribution in [0.3, 0.4) is 0 Å². The molecule has 4 nitrogen and oxygen atoms in total. The van der Waals surface area contributed by atoms with Gasteiger partial charge in [0.05, 0.1) is 25.5 Å². The lowest BCUT2D eigenvalue weighted by molar-refractivity contribution is -0.145. The van der Waals surface area contributed by atoms with Crippen molar-refractivity contribution in [1.82, 2.24) is 5.32 Å². The average Bonchev–Trinajstić information content (AvgIpc) is 2.27. The second kappa shape index (κ2) is 8.12. The molecule has 0 fully saturated rings. The number of nitrogens with zero attached hydrogens (tertiary/aromatic N) is 1. The normalized spacial score (nSPS) is 15.9. The molecule has 0 aromatic carbocycles. The maximum absolute atomic E-state index is 11.2. The van der Waals surface area contributed by atoms with Gasteiger partial charge >= 0.3 is 5.97 Å². The zero-order valence-electron chi connectivity index (χ0n) is 10.6. The Morgan fingerprint density at radius 1 is 1.50 bits per heavy atom. The van der Waals surface area contributed by atoms with Crippen LogP contribution < -0.4 is 5.32 Å². The van der Waals surface area contributed by atoms with Crippen molar-refractivity contribution in [1.29, 1.82) is 5.26 Å². The van der Waals surface area contributed by atoms with Crippen molar-refractivity contribution in [2.45, 2.75) is 52.1 Å². The van der Waals surface area contributed by atoms with Crippen molar-refractivity contribution >= 4 is 5.97 Å². The van der Waals surface area contributed by atoms with Gasteiger partial charge in [-0.15, -0.1) is 0 Å². The van der Waals surface area contributed by atoms with Crippen molar-refractivity contribution in [3.8, 4) is 6.07 Å².